The lowest BCUT2D eigenvalue weighted by Crippen LogP contribution is -2.53. The zero-order valence-electron chi connectivity index (χ0n) is 32.4. The van der Waals surface area contributed by atoms with E-state index in [-0.39, 0.29) is 49.8 Å². The maximum absolute atomic E-state index is 13.8. The number of amides is 3. The van der Waals surface area contributed by atoms with Crippen molar-refractivity contribution in [2.45, 2.75) is 56.8 Å². The number of carbonyl (C=O) groups is 4. The predicted molar refractivity (Wildman–Crippen MR) is 214 cm³/mol. The second-order valence-electron chi connectivity index (χ2n) is 15.5. The first-order chi connectivity index (χ1) is 26.8. The summed E-state index contributed by atoms with van der Waals surface area (Å²) in [6.45, 7) is 9.06. The fraction of sp³-hybridized carbons (Fsp3) is 0.349. The van der Waals surface area contributed by atoms with Gasteiger partial charge in [0.2, 0.25) is 5.91 Å². The molecule has 0 heterocycles. The predicted octanol–water partition coefficient (Wildman–Crippen LogP) is 7.30. The highest BCUT2D eigenvalue weighted by molar-refractivity contribution is 6.74. The number of nitrogens with zero attached hydrogens (tertiary/aromatic N) is 1. The summed E-state index contributed by atoms with van der Waals surface area (Å²) in [4.78, 5) is 57.9. The third-order valence-corrected chi connectivity index (χ3v) is 15.5. The highest BCUT2D eigenvalue weighted by atomic mass is 28.4. The number of benzene rings is 4. The molecule has 0 saturated heterocycles. The van der Waals surface area contributed by atoms with Crippen LogP contribution in [0.2, 0.25) is 18.1 Å². The molecule has 13 heteroatoms. The number of hydrogen-bond donors (Lipinski definition) is 3. The Morgan fingerprint density at radius 2 is 1.18 bits per heavy atom. The van der Waals surface area contributed by atoms with E-state index in [1.807, 2.05) is 131 Å². The van der Waals surface area contributed by atoms with Gasteiger partial charge in [0.1, 0.15) is 13.2 Å². The maximum atomic E-state index is 13.8. The summed E-state index contributed by atoms with van der Waals surface area (Å²) in [6, 6.07) is 30.4. The molecule has 1 atom stereocenters. The molecule has 0 bridgehead atoms. The van der Waals surface area contributed by atoms with Gasteiger partial charge in [-0.05, 0) is 62.6 Å². The molecule has 0 fully saturated rings. The largest absolute Gasteiger partial charge is 0.480 e. The van der Waals surface area contributed by atoms with Gasteiger partial charge in [-0.1, -0.05) is 118 Å². The van der Waals surface area contributed by atoms with E-state index < -0.39 is 45.0 Å². The first kappa shape index (κ1) is 40.2. The lowest BCUT2D eigenvalue weighted by atomic mass is 9.98. The standard InChI is InChI=1S/C43H49N3O9Si/c1-43(2,3)56(4,5)55-26-38(40(48)49)46(42(51)53-25-37-34-20-12-8-16-30(34)31-17-9-13-21-35(31)37)23-22-44-39(47)27-54-45-41(50)52-24-36-32-18-10-6-14-28(32)29-15-7-11-19-33(29)36/h6-21,36-38H,22-27H2,1-5H3,(H,44,47)(H,45,50)(H,48,49). The van der Waals surface area contributed by atoms with Crippen LogP contribution in [0.25, 0.3) is 22.3 Å². The molecule has 0 radical (unpaired) electrons. The van der Waals surface area contributed by atoms with Crippen molar-refractivity contribution in [2.24, 2.45) is 0 Å². The Kier molecular flexibility index (Phi) is 12.3. The molecule has 0 spiro atoms. The van der Waals surface area contributed by atoms with Crippen molar-refractivity contribution in [1.82, 2.24) is 15.7 Å². The van der Waals surface area contributed by atoms with E-state index in [1.54, 1.807) is 0 Å². The molecule has 3 amide bonds. The van der Waals surface area contributed by atoms with Crippen LogP contribution in [-0.4, -0.2) is 87.9 Å². The molecular formula is C43H49N3O9Si. The average molecular weight is 780 g/mol. The van der Waals surface area contributed by atoms with Crippen molar-refractivity contribution in [3.8, 4) is 22.3 Å². The summed E-state index contributed by atoms with van der Waals surface area (Å²) in [5.41, 5.74) is 10.6. The summed E-state index contributed by atoms with van der Waals surface area (Å²) in [5.74, 6) is -2.25. The topological polar surface area (TPSA) is 153 Å². The molecule has 2 aliphatic carbocycles. The van der Waals surface area contributed by atoms with E-state index in [1.165, 1.54) is 0 Å². The lowest BCUT2D eigenvalue weighted by molar-refractivity contribution is -0.144. The second-order valence-corrected chi connectivity index (χ2v) is 20.3. The monoisotopic (exact) mass is 779 g/mol. The molecule has 0 saturated carbocycles. The molecule has 0 aliphatic heterocycles. The fourth-order valence-electron chi connectivity index (χ4n) is 7.00. The minimum absolute atomic E-state index is 0.0134. The van der Waals surface area contributed by atoms with Gasteiger partial charge in [-0.3, -0.25) is 14.5 Å². The third-order valence-electron chi connectivity index (χ3n) is 11.0. The highest BCUT2D eigenvalue weighted by Gasteiger charge is 2.40. The normalized spacial score (nSPS) is 13.8. The number of aliphatic carboxylic acids is 1. The molecule has 12 nitrogen and oxygen atoms in total. The van der Waals surface area contributed by atoms with Crippen molar-refractivity contribution in [2.75, 3.05) is 39.5 Å². The van der Waals surface area contributed by atoms with Crippen molar-refractivity contribution in [3.63, 3.8) is 0 Å². The van der Waals surface area contributed by atoms with Crippen LogP contribution in [0.5, 0.6) is 0 Å². The van der Waals surface area contributed by atoms with E-state index in [0.29, 0.717) is 0 Å². The van der Waals surface area contributed by atoms with Crippen molar-refractivity contribution in [3.05, 3.63) is 119 Å². The molecule has 4 aromatic carbocycles. The van der Waals surface area contributed by atoms with E-state index in [2.05, 4.69) is 10.8 Å². The van der Waals surface area contributed by atoms with Gasteiger partial charge in [-0.25, -0.2) is 14.4 Å². The number of rotatable bonds is 15. The first-order valence-corrected chi connectivity index (χ1v) is 21.7. The molecule has 0 aromatic heterocycles. The summed E-state index contributed by atoms with van der Waals surface area (Å²) >= 11 is 0. The van der Waals surface area contributed by atoms with Gasteiger partial charge in [0, 0.05) is 24.9 Å². The number of nitrogens with one attached hydrogen (secondary N) is 2. The Hall–Kier alpha value is -5.50. The number of hydrogen-bond acceptors (Lipinski definition) is 8. The van der Waals surface area contributed by atoms with Crippen molar-refractivity contribution in [1.29, 1.82) is 0 Å². The zero-order valence-corrected chi connectivity index (χ0v) is 33.4. The van der Waals surface area contributed by atoms with E-state index >= 15 is 0 Å². The maximum Gasteiger partial charge on any atom is 0.431 e. The summed E-state index contributed by atoms with van der Waals surface area (Å²) < 4.78 is 17.6. The Balaban J connectivity index is 1.04. The van der Waals surface area contributed by atoms with Crippen molar-refractivity contribution < 1.29 is 43.0 Å². The summed E-state index contributed by atoms with van der Waals surface area (Å²) in [6.07, 6.45) is -1.70. The molecule has 294 valence electrons. The van der Waals surface area contributed by atoms with E-state index in [0.717, 1.165) is 49.4 Å². The van der Waals surface area contributed by atoms with Crippen LogP contribution in [-0.2, 0) is 28.3 Å². The quantitative estimate of drug-likeness (QED) is 0.0834. The average Bonchev–Trinajstić information content (AvgIpc) is 3.67. The molecule has 56 heavy (non-hydrogen) atoms. The van der Waals surface area contributed by atoms with Crippen LogP contribution >= 0.6 is 0 Å². The second kappa shape index (κ2) is 17.1. The number of hydroxylamine groups is 1. The SMILES string of the molecule is CC(C)(C)[Si](C)(C)OCC(C(=O)O)N(CCNC(=O)CONC(=O)OCC1c2ccccc2-c2ccccc21)C(=O)OCC1c2ccccc2-c2ccccc21. The number of carbonyl (C=O) groups excluding carboxylic acids is 3. The van der Waals surface area contributed by atoms with Gasteiger partial charge in [0.05, 0.1) is 6.61 Å². The smallest absolute Gasteiger partial charge is 0.431 e. The van der Waals surface area contributed by atoms with Crippen LogP contribution in [0.15, 0.2) is 97.1 Å². The summed E-state index contributed by atoms with van der Waals surface area (Å²) in [5, 5.41) is 12.8. The third kappa shape index (κ3) is 8.80. The Morgan fingerprint density at radius 1 is 0.732 bits per heavy atom. The molecule has 1 unspecified atom stereocenters. The van der Waals surface area contributed by atoms with Crippen LogP contribution in [0, 0.1) is 0 Å². The Bertz CT molecular complexity index is 1990. The molecule has 2 aliphatic rings. The van der Waals surface area contributed by atoms with Crippen LogP contribution < -0.4 is 10.8 Å². The van der Waals surface area contributed by atoms with Crippen LogP contribution in [0.1, 0.15) is 54.9 Å². The van der Waals surface area contributed by atoms with Gasteiger partial charge in [-0.2, -0.15) is 5.48 Å². The number of carboxylic acid groups (broad SMARTS) is 1. The van der Waals surface area contributed by atoms with E-state index in [9.17, 15) is 24.3 Å². The molecule has 3 N–H and O–H groups in total. The van der Waals surface area contributed by atoms with Crippen molar-refractivity contribution >= 4 is 32.4 Å². The minimum atomic E-state index is -2.41. The molecular weight excluding hydrogens is 731 g/mol. The molecule has 6 rings (SSSR count). The number of fused-ring (bicyclic) bond motifs is 6. The van der Waals surface area contributed by atoms with Gasteiger partial charge in [0.25, 0.3) is 0 Å². The molecule has 4 aromatic rings. The van der Waals surface area contributed by atoms with Crippen LogP contribution in [0.4, 0.5) is 9.59 Å². The Morgan fingerprint density at radius 3 is 1.62 bits per heavy atom. The Labute approximate surface area is 328 Å². The van der Waals surface area contributed by atoms with Gasteiger partial charge >= 0.3 is 18.2 Å². The number of ether oxygens (including phenoxy) is 2. The number of carboxylic acids is 1. The first-order valence-electron chi connectivity index (χ1n) is 18.7. The minimum Gasteiger partial charge on any atom is -0.480 e. The van der Waals surface area contributed by atoms with Gasteiger partial charge < -0.3 is 24.3 Å². The van der Waals surface area contributed by atoms with Gasteiger partial charge in [-0.15, -0.1) is 0 Å². The van der Waals surface area contributed by atoms with Gasteiger partial charge in [0.15, 0.2) is 21.0 Å². The van der Waals surface area contributed by atoms with E-state index in [4.69, 9.17) is 18.7 Å². The summed E-state index contributed by atoms with van der Waals surface area (Å²) in [7, 11) is -2.41. The lowest BCUT2D eigenvalue weighted by Gasteiger charge is -2.38. The fourth-order valence-corrected chi connectivity index (χ4v) is 8.01. The highest BCUT2D eigenvalue weighted by Crippen LogP contribution is 2.46. The van der Waals surface area contributed by atoms with Crippen LogP contribution in [0.3, 0.4) is 0 Å². The zero-order chi connectivity index (χ0) is 40.0.